The second kappa shape index (κ2) is 9.72. The quantitative estimate of drug-likeness (QED) is 0.250. The standard InChI is InChI=1S/C16H35NO3/c1-5-7-8-9-10-11-12-13-14-15(18)16(19,6-2)17(3,4)20/h15,18-19H,5-14H2,1-4H3. The van der Waals surface area contributed by atoms with Gasteiger partial charge in [0, 0.05) is 6.42 Å². The zero-order valence-electron chi connectivity index (χ0n) is 13.9. The van der Waals surface area contributed by atoms with E-state index >= 15 is 0 Å². The molecule has 20 heavy (non-hydrogen) atoms. The van der Waals surface area contributed by atoms with Crippen LogP contribution >= 0.6 is 0 Å². The Morgan fingerprint density at radius 2 is 1.40 bits per heavy atom. The third kappa shape index (κ3) is 6.53. The van der Waals surface area contributed by atoms with E-state index in [9.17, 15) is 15.4 Å². The number of hydrogen-bond donors (Lipinski definition) is 2. The van der Waals surface area contributed by atoms with Crippen LogP contribution in [0.15, 0.2) is 0 Å². The van der Waals surface area contributed by atoms with Crippen LogP contribution < -0.4 is 0 Å². The van der Waals surface area contributed by atoms with E-state index in [1.54, 1.807) is 6.92 Å². The highest BCUT2D eigenvalue weighted by Gasteiger charge is 2.43. The third-order valence-electron chi connectivity index (χ3n) is 4.32. The maximum Gasteiger partial charge on any atom is 0.226 e. The van der Waals surface area contributed by atoms with Gasteiger partial charge < -0.3 is 20.1 Å². The molecule has 0 radical (unpaired) electrons. The molecule has 0 aromatic carbocycles. The van der Waals surface area contributed by atoms with E-state index in [0.29, 0.717) is 6.42 Å². The molecule has 2 N–H and O–H groups in total. The highest BCUT2D eigenvalue weighted by atomic mass is 16.6. The molecular formula is C16H35NO3. The minimum atomic E-state index is -1.58. The van der Waals surface area contributed by atoms with Crippen molar-refractivity contribution in [3.8, 4) is 0 Å². The minimum Gasteiger partial charge on any atom is -0.631 e. The second-order valence-corrected chi connectivity index (χ2v) is 6.36. The molecule has 2 unspecified atom stereocenters. The Morgan fingerprint density at radius 1 is 0.950 bits per heavy atom. The Hall–Kier alpha value is -0.160. The summed E-state index contributed by atoms with van der Waals surface area (Å²) in [6, 6.07) is 0. The summed E-state index contributed by atoms with van der Waals surface area (Å²) in [5, 5.41) is 32.4. The number of aliphatic hydroxyl groups is 2. The van der Waals surface area contributed by atoms with Crippen LogP contribution in [0.3, 0.4) is 0 Å². The van der Waals surface area contributed by atoms with Crippen molar-refractivity contribution in [1.29, 1.82) is 0 Å². The van der Waals surface area contributed by atoms with Crippen molar-refractivity contribution in [3.63, 3.8) is 0 Å². The maximum absolute atomic E-state index is 12.0. The van der Waals surface area contributed by atoms with E-state index in [0.717, 1.165) is 12.8 Å². The fourth-order valence-electron chi connectivity index (χ4n) is 2.68. The fraction of sp³-hybridized carbons (Fsp3) is 1.00. The lowest BCUT2D eigenvalue weighted by Crippen LogP contribution is -2.62. The molecule has 0 aliphatic carbocycles. The molecule has 0 aliphatic heterocycles. The average molecular weight is 289 g/mol. The predicted molar refractivity (Wildman–Crippen MR) is 84.0 cm³/mol. The molecule has 0 saturated carbocycles. The molecule has 122 valence electrons. The van der Waals surface area contributed by atoms with Gasteiger partial charge in [0.1, 0.15) is 6.10 Å². The topological polar surface area (TPSA) is 63.5 Å². The van der Waals surface area contributed by atoms with Crippen LogP contribution in [0.2, 0.25) is 0 Å². The molecule has 4 nitrogen and oxygen atoms in total. The van der Waals surface area contributed by atoms with Crippen LogP contribution in [0.5, 0.6) is 0 Å². The SMILES string of the molecule is CCCCCCCCCCC(O)C(O)(CC)[N+](C)(C)[O-]. The Labute approximate surface area is 125 Å². The van der Waals surface area contributed by atoms with Gasteiger partial charge in [0.15, 0.2) is 0 Å². The van der Waals surface area contributed by atoms with Crippen LogP contribution in [0.25, 0.3) is 0 Å². The van der Waals surface area contributed by atoms with Gasteiger partial charge in [0.2, 0.25) is 5.72 Å². The van der Waals surface area contributed by atoms with Crippen molar-refractivity contribution < 1.29 is 14.9 Å². The second-order valence-electron chi connectivity index (χ2n) is 6.36. The first kappa shape index (κ1) is 19.8. The molecule has 0 aromatic heterocycles. The van der Waals surface area contributed by atoms with Crippen LogP contribution in [0, 0.1) is 5.21 Å². The van der Waals surface area contributed by atoms with Crippen LogP contribution in [-0.2, 0) is 0 Å². The summed E-state index contributed by atoms with van der Waals surface area (Å²) in [7, 11) is 2.78. The van der Waals surface area contributed by atoms with Crippen molar-refractivity contribution in [2.24, 2.45) is 0 Å². The predicted octanol–water partition coefficient (Wildman–Crippen LogP) is 3.55. The summed E-state index contributed by atoms with van der Waals surface area (Å²) >= 11 is 0. The molecule has 2 atom stereocenters. The van der Waals surface area contributed by atoms with Crippen molar-refractivity contribution in [2.45, 2.75) is 89.9 Å². The van der Waals surface area contributed by atoms with Gasteiger partial charge in [0.25, 0.3) is 0 Å². The normalized spacial score (nSPS) is 16.9. The molecule has 0 bridgehead atoms. The Kier molecular flexibility index (Phi) is 9.64. The third-order valence-corrected chi connectivity index (χ3v) is 4.32. The molecule has 0 saturated heterocycles. The lowest BCUT2D eigenvalue weighted by molar-refractivity contribution is -0.929. The molecule has 0 spiro atoms. The van der Waals surface area contributed by atoms with Crippen molar-refractivity contribution in [2.75, 3.05) is 14.1 Å². The zero-order valence-corrected chi connectivity index (χ0v) is 13.9. The highest BCUT2D eigenvalue weighted by Crippen LogP contribution is 2.27. The number of likely N-dealkylation sites (N-methyl/N-ethyl adjacent to an activating group) is 1. The number of nitrogens with zero attached hydrogens (tertiary/aromatic N) is 1. The molecule has 0 aliphatic rings. The Bertz CT molecular complexity index is 240. The van der Waals surface area contributed by atoms with Gasteiger partial charge in [-0.1, -0.05) is 65.2 Å². The Morgan fingerprint density at radius 3 is 1.80 bits per heavy atom. The van der Waals surface area contributed by atoms with Gasteiger partial charge in [-0.15, -0.1) is 0 Å². The average Bonchev–Trinajstić information content (AvgIpc) is 2.39. The van der Waals surface area contributed by atoms with Crippen LogP contribution in [0.4, 0.5) is 0 Å². The number of rotatable bonds is 12. The Balaban J connectivity index is 3.84. The summed E-state index contributed by atoms with van der Waals surface area (Å²) in [6.45, 7) is 3.96. The lowest BCUT2D eigenvalue weighted by atomic mass is 9.96. The van der Waals surface area contributed by atoms with E-state index in [4.69, 9.17) is 0 Å². The van der Waals surface area contributed by atoms with Gasteiger partial charge in [-0.05, 0) is 6.42 Å². The van der Waals surface area contributed by atoms with E-state index in [1.807, 2.05) is 0 Å². The van der Waals surface area contributed by atoms with Crippen molar-refractivity contribution >= 4 is 0 Å². The maximum atomic E-state index is 12.0. The highest BCUT2D eigenvalue weighted by molar-refractivity contribution is 4.76. The van der Waals surface area contributed by atoms with Gasteiger partial charge in [-0.3, -0.25) is 0 Å². The van der Waals surface area contributed by atoms with E-state index in [1.165, 1.54) is 52.6 Å². The van der Waals surface area contributed by atoms with E-state index in [-0.39, 0.29) is 6.42 Å². The van der Waals surface area contributed by atoms with E-state index < -0.39 is 16.5 Å². The van der Waals surface area contributed by atoms with Gasteiger partial charge in [-0.2, -0.15) is 0 Å². The van der Waals surface area contributed by atoms with Gasteiger partial charge >= 0.3 is 0 Å². The van der Waals surface area contributed by atoms with Crippen LogP contribution in [-0.4, -0.2) is 40.8 Å². The molecule has 0 amide bonds. The lowest BCUT2D eigenvalue weighted by Gasteiger charge is -2.50. The van der Waals surface area contributed by atoms with Gasteiger partial charge in [-0.25, -0.2) is 0 Å². The zero-order chi connectivity index (χ0) is 15.6. The molecule has 0 heterocycles. The summed E-state index contributed by atoms with van der Waals surface area (Å²) < 4.78 is -0.859. The van der Waals surface area contributed by atoms with Crippen molar-refractivity contribution in [1.82, 2.24) is 0 Å². The summed E-state index contributed by atoms with van der Waals surface area (Å²) in [4.78, 5) is 0. The minimum absolute atomic E-state index is 0.266. The van der Waals surface area contributed by atoms with E-state index in [2.05, 4.69) is 6.92 Å². The number of hydrogen-bond acceptors (Lipinski definition) is 3. The van der Waals surface area contributed by atoms with Gasteiger partial charge in [0.05, 0.1) is 14.1 Å². The molecular weight excluding hydrogens is 254 g/mol. The molecule has 0 fully saturated rings. The number of quaternary nitrogens is 1. The van der Waals surface area contributed by atoms with Crippen LogP contribution in [0.1, 0.15) is 78.1 Å². The number of aliphatic hydroxyl groups excluding tert-OH is 1. The van der Waals surface area contributed by atoms with Crippen molar-refractivity contribution in [3.05, 3.63) is 5.21 Å². The number of hydroxylamine groups is 3. The summed E-state index contributed by atoms with van der Waals surface area (Å²) in [5.41, 5.74) is -1.58. The molecule has 0 rings (SSSR count). The molecule has 0 aromatic rings. The fourth-order valence-corrected chi connectivity index (χ4v) is 2.68. The monoisotopic (exact) mass is 289 g/mol. The largest absolute Gasteiger partial charge is 0.631 e. The first-order chi connectivity index (χ1) is 9.29. The first-order valence-corrected chi connectivity index (χ1v) is 8.25. The molecule has 4 heteroatoms. The first-order valence-electron chi connectivity index (χ1n) is 8.25. The summed E-state index contributed by atoms with van der Waals surface area (Å²) in [6.07, 6.45) is 9.38. The number of unbranched alkanes of at least 4 members (excludes halogenated alkanes) is 7. The summed E-state index contributed by atoms with van der Waals surface area (Å²) in [5.74, 6) is 0. The smallest absolute Gasteiger partial charge is 0.226 e.